The van der Waals surface area contributed by atoms with Crippen molar-refractivity contribution in [2.24, 2.45) is 7.05 Å². The molecule has 2 aromatic heterocycles. The first-order valence-corrected chi connectivity index (χ1v) is 12.5. The summed E-state index contributed by atoms with van der Waals surface area (Å²) in [6.07, 6.45) is 7.55. The molecule has 0 spiro atoms. The number of H-pyrrole nitrogens is 1. The zero-order valence-electron chi connectivity index (χ0n) is 20.1. The summed E-state index contributed by atoms with van der Waals surface area (Å²) >= 11 is 12.4. The minimum absolute atomic E-state index is 0.580. The van der Waals surface area contributed by atoms with Crippen molar-refractivity contribution < 1.29 is 4.74 Å². The predicted octanol–water partition coefficient (Wildman–Crippen LogP) is 6.76. The molecule has 0 saturated heterocycles. The summed E-state index contributed by atoms with van der Waals surface area (Å²) in [5.41, 5.74) is 5.00. The minimum Gasteiger partial charge on any atom is -0.494 e. The highest BCUT2D eigenvalue weighted by atomic mass is 35.5. The van der Waals surface area contributed by atoms with E-state index < -0.39 is 0 Å². The summed E-state index contributed by atoms with van der Waals surface area (Å²) in [7, 11) is 1.96. The number of benzene rings is 3. The van der Waals surface area contributed by atoms with Crippen molar-refractivity contribution in [3.8, 4) is 28.1 Å². The monoisotopic (exact) mass is 530 g/mol. The number of nitrogens with zero attached hydrogens (tertiary/aromatic N) is 5. The first-order valence-electron chi connectivity index (χ1n) is 11.8. The molecule has 0 fully saturated rings. The van der Waals surface area contributed by atoms with Crippen molar-refractivity contribution in [1.82, 2.24) is 30.2 Å². The molecule has 0 aliphatic carbocycles. The van der Waals surface area contributed by atoms with Gasteiger partial charge in [-0.15, -0.1) is 10.2 Å². The number of hydrogen-bond acceptors (Lipinski definition) is 5. The number of ether oxygens (including phenoxy) is 1. The lowest BCUT2D eigenvalue weighted by Gasteiger charge is -2.07. The number of aryl methyl sites for hydroxylation is 2. The Morgan fingerprint density at radius 1 is 0.946 bits per heavy atom. The highest BCUT2D eigenvalue weighted by molar-refractivity contribution is 6.36. The van der Waals surface area contributed by atoms with Crippen LogP contribution in [0.5, 0.6) is 5.75 Å². The van der Waals surface area contributed by atoms with Crippen LogP contribution in [0.25, 0.3) is 34.5 Å². The number of halogens is 2. The van der Waals surface area contributed by atoms with E-state index in [0.717, 1.165) is 52.4 Å². The average Bonchev–Trinajstić information content (AvgIpc) is 3.56. The summed E-state index contributed by atoms with van der Waals surface area (Å²) < 4.78 is 7.80. The van der Waals surface area contributed by atoms with Crippen LogP contribution in [-0.4, -0.2) is 36.8 Å². The Bertz CT molecular complexity index is 1490. The Morgan fingerprint density at radius 3 is 2.41 bits per heavy atom. The van der Waals surface area contributed by atoms with E-state index in [2.05, 4.69) is 57.0 Å². The van der Waals surface area contributed by atoms with Crippen molar-refractivity contribution in [3.05, 3.63) is 100 Å². The number of tetrazole rings is 1. The lowest BCUT2D eigenvalue weighted by Crippen LogP contribution is -2.00. The van der Waals surface area contributed by atoms with Gasteiger partial charge in [-0.1, -0.05) is 70.9 Å². The number of hydrogen-bond donors (Lipinski definition) is 1. The Hall–Kier alpha value is -3.94. The smallest absolute Gasteiger partial charge is 0.174 e. The van der Waals surface area contributed by atoms with Gasteiger partial charge in [-0.3, -0.25) is 0 Å². The molecular weight excluding hydrogens is 507 g/mol. The fourth-order valence-corrected chi connectivity index (χ4v) is 4.38. The van der Waals surface area contributed by atoms with E-state index in [1.54, 1.807) is 6.07 Å². The molecule has 7 nitrogen and oxygen atoms in total. The van der Waals surface area contributed by atoms with E-state index in [1.165, 1.54) is 0 Å². The molecule has 37 heavy (non-hydrogen) atoms. The molecule has 3 aromatic carbocycles. The molecule has 0 aliphatic rings. The van der Waals surface area contributed by atoms with Gasteiger partial charge in [-0.2, -0.15) is 5.21 Å². The van der Waals surface area contributed by atoms with Crippen LogP contribution in [-0.2, 0) is 13.5 Å². The van der Waals surface area contributed by atoms with E-state index in [-0.39, 0.29) is 0 Å². The van der Waals surface area contributed by atoms with Crippen LogP contribution >= 0.6 is 23.2 Å². The second-order valence-electron chi connectivity index (χ2n) is 8.48. The third kappa shape index (κ3) is 6.25. The molecule has 9 heteroatoms. The zero-order valence-corrected chi connectivity index (χ0v) is 21.6. The molecule has 0 saturated carbocycles. The van der Waals surface area contributed by atoms with Gasteiger partial charge < -0.3 is 9.30 Å². The molecule has 0 unspecified atom stereocenters. The number of aromatic nitrogens is 6. The Labute approximate surface area is 224 Å². The van der Waals surface area contributed by atoms with Crippen molar-refractivity contribution in [3.63, 3.8) is 0 Å². The Kier molecular flexibility index (Phi) is 7.63. The maximum Gasteiger partial charge on any atom is 0.174 e. The fourth-order valence-electron chi connectivity index (χ4n) is 3.87. The fraction of sp³-hybridized carbons (Fsp3) is 0.143. The number of nitrogens with one attached hydrogen (secondary N) is 1. The maximum atomic E-state index is 6.35. The average molecular weight is 531 g/mol. The summed E-state index contributed by atoms with van der Waals surface area (Å²) in [5.74, 6) is 2.37. The second-order valence-corrected chi connectivity index (χ2v) is 9.32. The molecule has 5 rings (SSSR count). The van der Waals surface area contributed by atoms with Gasteiger partial charge in [0.25, 0.3) is 0 Å². The van der Waals surface area contributed by atoms with E-state index in [4.69, 9.17) is 32.9 Å². The largest absolute Gasteiger partial charge is 0.494 e. The van der Waals surface area contributed by atoms with E-state index in [0.29, 0.717) is 22.5 Å². The lowest BCUT2D eigenvalue weighted by molar-refractivity contribution is 0.310. The molecule has 0 amide bonds. The number of aromatic amines is 1. The lowest BCUT2D eigenvalue weighted by atomic mass is 10.0. The minimum atomic E-state index is 0.580. The third-order valence-electron chi connectivity index (χ3n) is 5.85. The van der Waals surface area contributed by atoms with E-state index in [1.807, 2.05) is 54.2 Å². The normalized spacial score (nSPS) is 11.3. The number of rotatable bonds is 9. The van der Waals surface area contributed by atoms with Gasteiger partial charge in [0.15, 0.2) is 5.82 Å². The first kappa shape index (κ1) is 24.7. The molecule has 0 radical (unpaired) electrons. The molecule has 0 bridgehead atoms. The van der Waals surface area contributed by atoms with Crippen LogP contribution in [0, 0.1) is 0 Å². The SMILES string of the molecule is Cn1cc(-c2ccc(Cl)cc2Cl)nc1/C=C/c1ccc(-c2ccc(OCCCc3nn[nH]n3)cc2)cc1. The standard InChI is InChI=1S/C28H24Cl2N6O/c1-36-18-26(24-14-11-22(29)17-25(24)30)31-28(36)15-6-19-4-7-20(8-5-19)21-9-12-23(13-10-21)37-16-2-3-27-32-34-35-33-27/h4-15,17-18H,2-3,16H2,1H3,(H,32,33,34,35)/b15-6+. The van der Waals surface area contributed by atoms with Crippen LogP contribution in [0.2, 0.25) is 10.0 Å². The predicted molar refractivity (Wildman–Crippen MR) is 147 cm³/mol. The summed E-state index contributed by atoms with van der Waals surface area (Å²) in [6.45, 7) is 0.596. The van der Waals surface area contributed by atoms with Gasteiger partial charge in [0.05, 0.1) is 17.3 Å². The van der Waals surface area contributed by atoms with Crippen molar-refractivity contribution in [1.29, 1.82) is 0 Å². The molecule has 186 valence electrons. The third-order valence-corrected chi connectivity index (χ3v) is 6.39. The highest BCUT2D eigenvalue weighted by Crippen LogP contribution is 2.30. The Morgan fingerprint density at radius 2 is 1.70 bits per heavy atom. The molecule has 0 atom stereocenters. The van der Waals surface area contributed by atoms with Gasteiger partial charge in [0, 0.05) is 30.3 Å². The van der Waals surface area contributed by atoms with Gasteiger partial charge in [0.1, 0.15) is 11.6 Å². The van der Waals surface area contributed by atoms with Crippen molar-refractivity contribution in [2.45, 2.75) is 12.8 Å². The van der Waals surface area contributed by atoms with Gasteiger partial charge in [-0.25, -0.2) is 4.98 Å². The zero-order chi connectivity index (χ0) is 25.6. The van der Waals surface area contributed by atoms with E-state index in [9.17, 15) is 0 Å². The van der Waals surface area contributed by atoms with Crippen LogP contribution in [0.4, 0.5) is 0 Å². The van der Waals surface area contributed by atoms with Crippen LogP contribution < -0.4 is 4.74 Å². The molecular formula is C28H24Cl2N6O. The summed E-state index contributed by atoms with van der Waals surface area (Å²) in [4.78, 5) is 4.72. The van der Waals surface area contributed by atoms with Crippen molar-refractivity contribution in [2.75, 3.05) is 6.61 Å². The molecule has 2 heterocycles. The van der Waals surface area contributed by atoms with Crippen LogP contribution in [0.3, 0.4) is 0 Å². The molecule has 0 aliphatic heterocycles. The topological polar surface area (TPSA) is 81.5 Å². The summed E-state index contributed by atoms with van der Waals surface area (Å²) in [6, 6.07) is 21.9. The van der Waals surface area contributed by atoms with Gasteiger partial charge in [-0.05, 0) is 59.5 Å². The highest BCUT2D eigenvalue weighted by Gasteiger charge is 2.09. The van der Waals surface area contributed by atoms with Gasteiger partial charge >= 0.3 is 0 Å². The van der Waals surface area contributed by atoms with Gasteiger partial charge in [0.2, 0.25) is 0 Å². The van der Waals surface area contributed by atoms with Crippen LogP contribution in [0.15, 0.2) is 72.9 Å². The maximum absolute atomic E-state index is 6.35. The number of imidazole rings is 1. The molecule has 1 N–H and O–H groups in total. The Balaban J connectivity index is 1.19. The summed E-state index contributed by atoms with van der Waals surface area (Å²) in [5, 5.41) is 15.1. The first-order chi connectivity index (χ1) is 18.0. The van der Waals surface area contributed by atoms with Crippen molar-refractivity contribution >= 4 is 35.4 Å². The molecule has 5 aromatic rings. The van der Waals surface area contributed by atoms with Crippen LogP contribution in [0.1, 0.15) is 23.6 Å². The van der Waals surface area contributed by atoms with E-state index >= 15 is 0 Å². The quantitative estimate of drug-likeness (QED) is 0.213. The second kappa shape index (κ2) is 11.4.